The smallest absolute Gasteiger partial charge is 0.127 e. The van der Waals surface area contributed by atoms with Gasteiger partial charge in [0.1, 0.15) is 11.3 Å². The molecule has 1 aromatic carbocycles. The first-order valence-electron chi connectivity index (χ1n) is 4.46. The van der Waals surface area contributed by atoms with Crippen molar-refractivity contribution in [3.63, 3.8) is 0 Å². The summed E-state index contributed by atoms with van der Waals surface area (Å²) in [5, 5.41) is 3.41. The molecule has 0 saturated heterocycles. The highest BCUT2D eigenvalue weighted by molar-refractivity contribution is 6.08. The van der Waals surface area contributed by atoms with Crippen LogP contribution < -0.4 is 5.73 Å². The van der Waals surface area contributed by atoms with Crippen LogP contribution in [-0.4, -0.2) is 9.97 Å². The number of fused-ring (bicyclic) bond motifs is 3. The monoisotopic (exact) mass is 183 g/mol. The fourth-order valence-corrected chi connectivity index (χ4v) is 1.77. The second-order valence-electron chi connectivity index (χ2n) is 3.31. The Morgan fingerprint density at radius 1 is 1.14 bits per heavy atom. The SMILES string of the molecule is Nc1[nH]cc2c1ncc1ccccc12. The summed E-state index contributed by atoms with van der Waals surface area (Å²) in [5.41, 5.74) is 6.60. The van der Waals surface area contributed by atoms with E-state index in [1.165, 1.54) is 5.39 Å². The minimum absolute atomic E-state index is 0.630. The number of benzene rings is 1. The van der Waals surface area contributed by atoms with Gasteiger partial charge in [-0.25, -0.2) is 0 Å². The third-order valence-electron chi connectivity index (χ3n) is 2.47. The number of pyridine rings is 1. The highest BCUT2D eigenvalue weighted by atomic mass is 14.9. The maximum absolute atomic E-state index is 5.75. The lowest BCUT2D eigenvalue weighted by Gasteiger charge is -1.97. The highest BCUT2D eigenvalue weighted by Crippen LogP contribution is 2.25. The van der Waals surface area contributed by atoms with Crippen LogP contribution in [0.4, 0.5) is 5.82 Å². The predicted molar refractivity (Wildman–Crippen MR) is 58.0 cm³/mol. The molecule has 0 unspecified atom stereocenters. The number of hydrogen-bond donors (Lipinski definition) is 2. The largest absolute Gasteiger partial charge is 0.383 e. The molecule has 0 aliphatic carbocycles. The molecule has 0 aliphatic heterocycles. The van der Waals surface area contributed by atoms with Crippen molar-refractivity contribution in [1.29, 1.82) is 0 Å². The molecule has 68 valence electrons. The normalized spacial score (nSPS) is 11.1. The Labute approximate surface area is 80.6 Å². The molecule has 3 rings (SSSR count). The predicted octanol–water partition coefficient (Wildman–Crippen LogP) is 2.30. The summed E-state index contributed by atoms with van der Waals surface area (Å²) in [7, 11) is 0. The van der Waals surface area contributed by atoms with Gasteiger partial charge in [0.05, 0.1) is 0 Å². The summed E-state index contributed by atoms with van der Waals surface area (Å²) < 4.78 is 0. The van der Waals surface area contributed by atoms with E-state index in [0.717, 1.165) is 16.3 Å². The van der Waals surface area contributed by atoms with Gasteiger partial charge in [-0.3, -0.25) is 4.98 Å². The van der Waals surface area contributed by atoms with Crippen LogP contribution in [0.1, 0.15) is 0 Å². The van der Waals surface area contributed by atoms with Gasteiger partial charge in [0.25, 0.3) is 0 Å². The van der Waals surface area contributed by atoms with Crippen molar-refractivity contribution in [2.45, 2.75) is 0 Å². The van der Waals surface area contributed by atoms with Crippen LogP contribution in [0.15, 0.2) is 36.7 Å². The Bertz CT molecular complexity index is 610. The fraction of sp³-hybridized carbons (Fsp3) is 0. The second kappa shape index (κ2) is 2.48. The number of nitrogens with zero attached hydrogens (tertiary/aromatic N) is 1. The Hall–Kier alpha value is -2.03. The van der Waals surface area contributed by atoms with E-state index in [0.29, 0.717) is 5.82 Å². The molecular formula is C11H9N3. The van der Waals surface area contributed by atoms with E-state index in [1.807, 2.05) is 30.6 Å². The highest BCUT2D eigenvalue weighted by Gasteiger charge is 2.04. The Morgan fingerprint density at radius 3 is 2.93 bits per heavy atom. The Balaban J connectivity index is 2.61. The first kappa shape index (κ1) is 7.38. The van der Waals surface area contributed by atoms with Crippen LogP contribution >= 0.6 is 0 Å². The summed E-state index contributed by atoms with van der Waals surface area (Å²) in [6.45, 7) is 0. The van der Waals surface area contributed by atoms with E-state index in [2.05, 4.69) is 16.0 Å². The van der Waals surface area contributed by atoms with Gasteiger partial charge in [0.2, 0.25) is 0 Å². The van der Waals surface area contributed by atoms with Crippen molar-refractivity contribution in [2.75, 3.05) is 5.73 Å². The van der Waals surface area contributed by atoms with Gasteiger partial charge in [0.15, 0.2) is 0 Å². The minimum atomic E-state index is 0.630. The first-order valence-corrected chi connectivity index (χ1v) is 4.46. The average Bonchev–Trinajstić information content (AvgIpc) is 2.61. The molecule has 3 nitrogen and oxygen atoms in total. The molecule has 0 aliphatic rings. The molecule has 3 aromatic rings. The molecule has 0 radical (unpaired) electrons. The topological polar surface area (TPSA) is 54.7 Å². The number of H-pyrrole nitrogens is 1. The zero-order valence-electron chi connectivity index (χ0n) is 7.49. The molecule has 0 bridgehead atoms. The molecule has 3 N–H and O–H groups in total. The summed E-state index contributed by atoms with van der Waals surface area (Å²) >= 11 is 0. The summed E-state index contributed by atoms with van der Waals surface area (Å²) in [6, 6.07) is 8.15. The van der Waals surface area contributed by atoms with Crippen molar-refractivity contribution < 1.29 is 0 Å². The van der Waals surface area contributed by atoms with Crippen LogP contribution in [0.2, 0.25) is 0 Å². The minimum Gasteiger partial charge on any atom is -0.383 e. The molecule has 0 atom stereocenters. The van der Waals surface area contributed by atoms with Crippen LogP contribution in [-0.2, 0) is 0 Å². The molecule has 2 heterocycles. The molecule has 14 heavy (non-hydrogen) atoms. The Kier molecular flexibility index (Phi) is 1.31. The zero-order valence-corrected chi connectivity index (χ0v) is 7.49. The van der Waals surface area contributed by atoms with Gasteiger partial charge in [-0.1, -0.05) is 24.3 Å². The number of rotatable bonds is 0. The van der Waals surface area contributed by atoms with Crippen LogP contribution in [0, 0.1) is 0 Å². The lowest BCUT2D eigenvalue weighted by atomic mass is 10.1. The van der Waals surface area contributed by atoms with Crippen LogP contribution in [0.3, 0.4) is 0 Å². The lowest BCUT2D eigenvalue weighted by molar-refractivity contribution is 1.40. The molecular weight excluding hydrogens is 174 g/mol. The van der Waals surface area contributed by atoms with Gasteiger partial charge >= 0.3 is 0 Å². The number of aromatic nitrogens is 2. The summed E-state index contributed by atoms with van der Waals surface area (Å²) in [5.74, 6) is 0.630. The van der Waals surface area contributed by atoms with E-state index in [1.54, 1.807) is 0 Å². The maximum Gasteiger partial charge on any atom is 0.127 e. The van der Waals surface area contributed by atoms with E-state index < -0.39 is 0 Å². The van der Waals surface area contributed by atoms with Crippen molar-refractivity contribution >= 4 is 27.5 Å². The third kappa shape index (κ3) is 0.836. The maximum atomic E-state index is 5.75. The number of nitrogens with two attached hydrogens (primary N) is 1. The molecule has 0 spiro atoms. The van der Waals surface area contributed by atoms with Crippen molar-refractivity contribution in [3.05, 3.63) is 36.7 Å². The molecule has 0 fully saturated rings. The Morgan fingerprint density at radius 2 is 2.00 bits per heavy atom. The van der Waals surface area contributed by atoms with Crippen LogP contribution in [0.5, 0.6) is 0 Å². The van der Waals surface area contributed by atoms with E-state index in [9.17, 15) is 0 Å². The van der Waals surface area contributed by atoms with Gasteiger partial charge in [0, 0.05) is 23.2 Å². The van der Waals surface area contributed by atoms with Crippen molar-refractivity contribution in [2.24, 2.45) is 0 Å². The third-order valence-corrected chi connectivity index (χ3v) is 2.47. The average molecular weight is 183 g/mol. The first-order chi connectivity index (χ1) is 6.86. The van der Waals surface area contributed by atoms with Crippen molar-refractivity contribution in [3.8, 4) is 0 Å². The number of nitrogens with one attached hydrogen (secondary N) is 1. The van der Waals surface area contributed by atoms with Crippen molar-refractivity contribution in [1.82, 2.24) is 9.97 Å². The summed E-state index contributed by atoms with van der Waals surface area (Å²) in [6.07, 6.45) is 3.75. The molecule has 3 heteroatoms. The fourth-order valence-electron chi connectivity index (χ4n) is 1.77. The second-order valence-corrected chi connectivity index (χ2v) is 3.31. The lowest BCUT2D eigenvalue weighted by Crippen LogP contribution is -1.85. The number of anilines is 1. The van der Waals surface area contributed by atoms with E-state index >= 15 is 0 Å². The van der Waals surface area contributed by atoms with Gasteiger partial charge in [-0.2, -0.15) is 0 Å². The quantitative estimate of drug-likeness (QED) is 0.561. The molecule has 0 saturated carbocycles. The zero-order chi connectivity index (χ0) is 9.54. The van der Waals surface area contributed by atoms with Gasteiger partial charge in [-0.05, 0) is 5.39 Å². The molecule has 2 aromatic heterocycles. The van der Waals surface area contributed by atoms with Crippen LogP contribution in [0.25, 0.3) is 21.7 Å². The summed E-state index contributed by atoms with van der Waals surface area (Å²) in [4.78, 5) is 7.30. The van der Waals surface area contributed by atoms with E-state index in [4.69, 9.17) is 5.73 Å². The molecule has 0 amide bonds. The number of aromatic amines is 1. The van der Waals surface area contributed by atoms with E-state index in [-0.39, 0.29) is 0 Å². The number of nitrogen functional groups attached to an aromatic ring is 1. The van der Waals surface area contributed by atoms with Gasteiger partial charge < -0.3 is 10.7 Å². The standard InChI is InChI=1S/C11H9N3/c12-11-10-9(6-14-11)8-4-2-1-3-7(8)5-13-10/h1-6,14H,12H2. The number of hydrogen-bond acceptors (Lipinski definition) is 2. The van der Waals surface area contributed by atoms with Gasteiger partial charge in [-0.15, -0.1) is 0 Å².